The standard InChI is InChI=1S/C49H37N3O/c1-3-35(40-28-29-43-41(30-40)27-24-38-18-10-11-19-42(38)43)31-47-45(44-20-12-13-21-46(44)53-47)32-48(50-2)52-49(51-33-34-14-6-4-7-15-34)39-25-22-37(23-26-39)36-16-8-5-9-17-36/h3-31H,1-2,32-33H2/b35-31+,51-49-,52-48-. The smallest absolute Gasteiger partial charge is 0.157 e. The predicted octanol–water partition coefficient (Wildman–Crippen LogP) is 12.4. The van der Waals surface area contributed by atoms with Gasteiger partial charge in [0.25, 0.3) is 0 Å². The van der Waals surface area contributed by atoms with Gasteiger partial charge in [0.15, 0.2) is 5.84 Å². The number of amidine groups is 2. The lowest BCUT2D eigenvalue weighted by Gasteiger charge is -2.09. The summed E-state index contributed by atoms with van der Waals surface area (Å²) in [4.78, 5) is 14.5. The summed E-state index contributed by atoms with van der Waals surface area (Å²) in [5, 5.41) is 5.85. The lowest BCUT2D eigenvalue weighted by atomic mass is 9.96. The molecule has 0 bridgehead atoms. The highest BCUT2D eigenvalue weighted by molar-refractivity contribution is 6.10. The number of benzene rings is 7. The minimum Gasteiger partial charge on any atom is -0.456 e. The van der Waals surface area contributed by atoms with Crippen LogP contribution in [0.4, 0.5) is 0 Å². The molecule has 0 unspecified atom stereocenters. The van der Waals surface area contributed by atoms with E-state index in [9.17, 15) is 0 Å². The summed E-state index contributed by atoms with van der Waals surface area (Å²) in [7, 11) is 0. The lowest BCUT2D eigenvalue weighted by Crippen LogP contribution is -2.07. The minimum absolute atomic E-state index is 0.396. The number of para-hydroxylation sites is 1. The monoisotopic (exact) mass is 683 g/mol. The maximum absolute atomic E-state index is 6.52. The van der Waals surface area contributed by atoms with Crippen molar-refractivity contribution in [2.24, 2.45) is 15.0 Å². The Hall–Kier alpha value is -6.91. The predicted molar refractivity (Wildman–Crippen MR) is 225 cm³/mol. The molecule has 8 rings (SSSR count). The Kier molecular flexibility index (Phi) is 9.50. The summed E-state index contributed by atoms with van der Waals surface area (Å²) in [5.74, 6) is 1.87. The molecule has 7 aromatic carbocycles. The molecule has 53 heavy (non-hydrogen) atoms. The number of hydrogen-bond acceptors (Lipinski definition) is 2. The van der Waals surface area contributed by atoms with Crippen LogP contribution in [-0.2, 0) is 13.0 Å². The maximum Gasteiger partial charge on any atom is 0.157 e. The first-order valence-electron chi connectivity index (χ1n) is 17.7. The minimum atomic E-state index is 0.396. The number of furan rings is 1. The van der Waals surface area contributed by atoms with Crippen LogP contribution in [0.5, 0.6) is 0 Å². The van der Waals surface area contributed by atoms with Crippen LogP contribution >= 0.6 is 0 Å². The van der Waals surface area contributed by atoms with Crippen LogP contribution in [0.2, 0.25) is 0 Å². The van der Waals surface area contributed by atoms with Gasteiger partial charge in [-0.05, 0) is 74.3 Å². The molecule has 254 valence electrons. The van der Waals surface area contributed by atoms with Gasteiger partial charge in [0, 0.05) is 22.9 Å². The van der Waals surface area contributed by atoms with Crippen molar-refractivity contribution in [1.82, 2.24) is 0 Å². The number of rotatable bonds is 9. The van der Waals surface area contributed by atoms with E-state index in [-0.39, 0.29) is 0 Å². The number of nitrogens with zero attached hydrogens (tertiary/aromatic N) is 3. The Morgan fingerprint density at radius 1 is 0.604 bits per heavy atom. The summed E-state index contributed by atoms with van der Waals surface area (Å²) in [6, 6.07) is 56.4. The Bertz CT molecular complexity index is 2680. The van der Waals surface area contributed by atoms with E-state index in [4.69, 9.17) is 14.4 Å². The molecule has 8 aromatic rings. The normalized spacial score (nSPS) is 12.4. The van der Waals surface area contributed by atoms with Crippen molar-refractivity contribution in [3.05, 3.63) is 204 Å². The third-order valence-corrected chi connectivity index (χ3v) is 9.57. The fourth-order valence-electron chi connectivity index (χ4n) is 6.80. The fourth-order valence-corrected chi connectivity index (χ4v) is 6.80. The van der Waals surface area contributed by atoms with Gasteiger partial charge in [-0.2, -0.15) is 0 Å². The molecule has 0 saturated heterocycles. The van der Waals surface area contributed by atoms with Gasteiger partial charge >= 0.3 is 0 Å². The number of fused-ring (bicyclic) bond motifs is 4. The quantitative estimate of drug-likeness (QED) is 0.0646. The number of allylic oxidation sites excluding steroid dienone is 2. The molecule has 0 aliphatic carbocycles. The molecule has 0 atom stereocenters. The highest BCUT2D eigenvalue weighted by atomic mass is 16.3. The van der Waals surface area contributed by atoms with Gasteiger partial charge in [0.05, 0.1) is 6.54 Å². The molecule has 0 amide bonds. The molecule has 1 aromatic heterocycles. The van der Waals surface area contributed by atoms with Crippen molar-refractivity contribution in [2.45, 2.75) is 13.0 Å². The van der Waals surface area contributed by atoms with Crippen molar-refractivity contribution < 1.29 is 4.42 Å². The largest absolute Gasteiger partial charge is 0.456 e. The summed E-state index contributed by atoms with van der Waals surface area (Å²) >= 11 is 0. The second-order valence-electron chi connectivity index (χ2n) is 12.9. The molecule has 0 saturated carbocycles. The van der Waals surface area contributed by atoms with E-state index in [1.807, 2.05) is 60.7 Å². The van der Waals surface area contributed by atoms with Crippen molar-refractivity contribution in [3.8, 4) is 11.1 Å². The molecule has 0 aliphatic rings. The van der Waals surface area contributed by atoms with E-state index in [0.29, 0.717) is 24.6 Å². The SMILES string of the molecule is C=C/C(=C\c1oc2ccccc2c1C/C(N=C)=N/C(=N\Cc1ccccc1)c1ccc(-c2ccccc2)cc1)c1ccc2c(ccc3ccccc32)c1. The third kappa shape index (κ3) is 7.17. The molecule has 0 aliphatic heterocycles. The second kappa shape index (κ2) is 15.1. The van der Waals surface area contributed by atoms with Gasteiger partial charge in [-0.25, -0.2) is 9.98 Å². The summed E-state index contributed by atoms with van der Waals surface area (Å²) in [6.45, 7) is 8.62. The van der Waals surface area contributed by atoms with Gasteiger partial charge < -0.3 is 4.42 Å². The van der Waals surface area contributed by atoms with Gasteiger partial charge in [0.1, 0.15) is 17.2 Å². The Balaban J connectivity index is 1.18. The van der Waals surface area contributed by atoms with E-state index in [0.717, 1.165) is 55.7 Å². The van der Waals surface area contributed by atoms with E-state index >= 15 is 0 Å². The van der Waals surface area contributed by atoms with E-state index in [1.54, 1.807) is 0 Å². The van der Waals surface area contributed by atoms with Crippen molar-refractivity contribution in [1.29, 1.82) is 0 Å². The highest BCUT2D eigenvalue weighted by Crippen LogP contribution is 2.33. The summed E-state index contributed by atoms with van der Waals surface area (Å²) < 4.78 is 6.52. The Morgan fingerprint density at radius 2 is 1.25 bits per heavy atom. The molecule has 4 heteroatoms. The van der Waals surface area contributed by atoms with E-state index in [1.165, 1.54) is 21.5 Å². The second-order valence-corrected chi connectivity index (χ2v) is 12.9. The Labute approximate surface area is 309 Å². The average Bonchev–Trinajstić information content (AvgIpc) is 3.57. The van der Waals surface area contributed by atoms with Crippen LogP contribution < -0.4 is 0 Å². The zero-order valence-corrected chi connectivity index (χ0v) is 29.3. The van der Waals surface area contributed by atoms with Crippen LogP contribution in [0.15, 0.2) is 196 Å². The van der Waals surface area contributed by atoms with Crippen molar-refractivity contribution in [3.63, 3.8) is 0 Å². The first-order valence-corrected chi connectivity index (χ1v) is 17.7. The third-order valence-electron chi connectivity index (χ3n) is 9.57. The van der Waals surface area contributed by atoms with Gasteiger partial charge in [-0.3, -0.25) is 4.99 Å². The van der Waals surface area contributed by atoms with Crippen molar-refractivity contribution >= 4 is 62.6 Å². The van der Waals surface area contributed by atoms with Crippen LogP contribution in [0, 0.1) is 0 Å². The topological polar surface area (TPSA) is 50.2 Å². The van der Waals surface area contributed by atoms with Crippen LogP contribution in [0.1, 0.15) is 28.0 Å². The van der Waals surface area contributed by atoms with Crippen LogP contribution in [0.3, 0.4) is 0 Å². The van der Waals surface area contributed by atoms with Crippen molar-refractivity contribution in [2.75, 3.05) is 0 Å². The number of hydrogen-bond donors (Lipinski definition) is 0. The lowest BCUT2D eigenvalue weighted by molar-refractivity contribution is 0.600. The van der Waals surface area contributed by atoms with Crippen LogP contribution in [0.25, 0.3) is 55.3 Å². The molecular formula is C49H37N3O. The van der Waals surface area contributed by atoms with Crippen LogP contribution in [-0.4, -0.2) is 18.4 Å². The summed E-state index contributed by atoms with van der Waals surface area (Å²) in [5.41, 5.74) is 8.05. The fraction of sp³-hybridized carbons (Fsp3) is 0.0408. The number of aliphatic imine (C=N–C) groups is 3. The van der Waals surface area contributed by atoms with Gasteiger partial charge in [-0.15, -0.1) is 0 Å². The molecule has 0 N–H and O–H groups in total. The molecule has 1 heterocycles. The first-order chi connectivity index (χ1) is 26.2. The van der Waals surface area contributed by atoms with Gasteiger partial charge in [-0.1, -0.05) is 164 Å². The summed E-state index contributed by atoms with van der Waals surface area (Å²) in [6.07, 6.45) is 4.35. The zero-order chi connectivity index (χ0) is 36.0. The molecular weight excluding hydrogens is 647 g/mol. The molecule has 0 spiro atoms. The molecule has 0 radical (unpaired) electrons. The molecule has 4 nitrogen and oxygen atoms in total. The first kappa shape index (κ1) is 33.2. The van der Waals surface area contributed by atoms with Gasteiger partial charge in [0.2, 0.25) is 0 Å². The van der Waals surface area contributed by atoms with E-state index in [2.05, 4.69) is 134 Å². The average molecular weight is 684 g/mol. The highest BCUT2D eigenvalue weighted by Gasteiger charge is 2.17. The van der Waals surface area contributed by atoms with E-state index < -0.39 is 0 Å². The maximum atomic E-state index is 6.52. The molecule has 0 fully saturated rings. The zero-order valence-electron chi connectivity index (χ0n) is 29.3. The Morgan fingerprint density at radius 3 is 2.02 bits per heavy atom.